The van der Waals surface area contributed by atoms with Crippen molar-refractivity contribution >= 4 is 10.0 Å². The molecule has 0 aliphatic carbocycles. The molecule has 6 heteroatoms. The van der Waals surface area contributed by atoms with Gasteiger partial charge >= 0.3 is 0 Å². The van der Waals surface area contributed by atoms with Gasteiger partial charge in [0.05, 0.1) is 18.0 Å². The predicted octanol–water partition coefficient (Wildman–Crippen LogP) is 1.98. The molecule has 22 heavy (non-hydrogen) atoms. The lowest BCUT2D eigenvalue weighted by Gasteiger charge is -2.27. The maximum Gasteiger partial charge on any atom is 0.240 e. The molecule has 0 radical (unpaired) electrons. The average Bonchev–Trinajstić information content (AvgIpc) is 2.54. The Bertz CT molecular complexity index is 759. The Morgan fingerprint density at radius 1 is 1.14 bits per heavy atom. The third kappa shape index (κ3) is 2.93. The zero-order valence-corrected chi connectivity index (χ0v) is 13.0. The number of hydrogen-bond donors (Lipinski definition) is 1. The second kappa shape index (κ2) is 5.98. The van der Waals surface area contributed by atoms with Gasteiger partial charge in [0, 0.05) is 0 Å². The van der Waals surface area contributed by atoms with Gasteiger partial charge < -0.3 is 9.47 Å². The van der Waals surface area contributed by atoms with Crippen molar-refractivity contribution < 1.29 is 17.9 Å². The molecule has 0 saturated heterocycles. The van der Waals surface area contributed by atoms with Crippen molar-refractivity contribution in [3.05, 3.63) is 54.1 Å². The van der Waals surface area contributed by atoms with Gasteiger partial charge in [-0.05, 0) is 30.2 Å². The van der Waals surface area contributed by atoms with Crippen molar-refractivity contribution in [2.75, 3.05) is 13.7 Å². The SMILES string of the molecule is COc1cccc2c1OC[C@H](NS(=O)(=O)c1ccccc1)C2. The van der Waals surface area contributed by atoms with E-state index in [1.807, 2.05) is 18.2 Å². The summed E-state index contributed by atoms with van der Waals surface area (Å²) < 4.78 is 38.3. The van der Waals surface area contributed by atoms with E-state index < -0.39 is 10.0 Å². The number of hydrogen-bond acceptors (Lipinski definition) is 4. The van der Waals surface area contributed by atoms with Gasteiger partial charge in [0.1, 0.15) is 6.61 Å². The minimum atomic E-state index is -3.54. The summed E-state index contributed by atoms with van der Waals surface area (Å²) in [6, 6.07) is 13.6. The van der Waals surface area contributed by atoms with Crippen LogP contribution < -0.4 is 14.2 Å². The van der Waals surface area contributed by atoms with Crippen molar-refractivity contribution in [3.63, 3.8) is 0 Å². The molecule has 116 valence electrons. The van der Waals surface area contributed by atoms with Gasteiger partial charge in [0.2, 0.25) is 10.0 Å². The summed E-state index contributed by atoms with van der Waals surface area (Å²) in [7, 11) is -1.95. The molecule has 0 fully saturated rings. The molecule has 1 aliphatic rings. The van der Waals surface area contributed by atoms with E-state index in [1.165, 1.54) is 0 Å². The van der Waals surface area contributed by atoms with E-state index in [-0.39, 0.29) is 17.5 Å². The van der Waals surface area contributed by atoms with Crippen LogP contribution in [0.4, 0.5) is 0 Å². The molecule has 1 aliphatic heterocycles. The van der Waals surface area contributed by atoms with Crippen molar-refractivity contribution in [3.8, 4) is 11.5 Å². The molecule has 0 bridgehead atoms. The summed E-state index contributed by atoms with van der Waals surface area (Å²) in [4.78, 5) is 0.256. The lowest BCUT2D eigenvalue weighted by molar-refractivity contribution is 0.240. The van der Waals surface area contributed by atoms with Crippen LogP contribution in [-0.2, 0) is 16.4 Å². The molecule has 0 spiro atoms. The normalized spacial score (nSPS) is 17.4. The van der Waals surface area contributed by atoms with Crippen molar-refractivity contribution in [2.45, 2.75) is 17.4 Å². The lowest BCUT2D eigenvalue weighted by Crippen LogP contribution is -2.42. The van der Waals surface area contributed by atoms with Gasteiger partial charge in [0.15, 0.2) is 11.5 Å². The fourth-order valence-electron chi connectivity index (χ4n) is 2.52. The van der Waals surface area contributed by atoms with Gasteiger partial charge in [-0.3, -0.25) is 0 Å². The number of ether oxygens (including phenoxy) is 2. The molecule has 0 saturated carbocycles. The minimum Gasteiger partial charge on any atom is -0.493 e. The highest BCUT2D eigenvalue weighted by molar-refractivity contribution is 7.89. The molecule has 0 unspecified atom stereocenters. The van der Waals surface area contributed by atoms with Crippen LogP contribution in [0.3, 0.4) is 0 Å². The zero-order valence-electron chi connectivity index (χ0n) is 12.2. The number of nitrogens with one attached hydrogen (secondary N) is 1. The molecular weight excluding hydrogens is 302 g/mol. The number of sulfonamides is 1. The molecule has 0 amide bonds. The smallest absolute Gasteiger partial charge is 0.240 e. The fraction of sp³-hybridized carbons (Fsp3) is 0.250. The second-order valence-corrected chi connectivity index (χ2v) is 6.81. The van der Waals surface area contributed by atoms with E-state index in [0.29, 0.717) is 17.9 Å². The maximum atomic E-state index is 12.3. The first-order valence-electron chi connectivity index (χ1n) is 6.96. The summed E-state index contributed by atoms with van der Waals surface area (Å²) >= 11 is 0. The Kier molecular flexibility index (Phi) is 4.04. The van der Waals surface area contributed by atoms with Gasteiger partial charge in [-0.1, -0.05) is 30.3 Å². The topological polar surface area (TPSA) is 64.6 Å². The van der Waals surface area contributed by atoms with Gasteiger partial charge in [-0.2, -0.15) is 0 Å². The summed E-state index contributed by atoms with van der Waals surface area (Å²) in [5.41, 5.74) is 0.936. The highest BCUT2D eigenvalue weighted by Crippen LogP contribution is 2.34. The Morgan fingerprint density at radius 2 is 1.91 bits per heavy atom. The monoisotopic (exact) mass is 319 g/mol. The lowest BCUT2D eigenvalue weighted by atomic mass is 10.0. The summed E-state index contributed by atoms with van der Waals surface area (Å²) in [5.74, 6) is 1.36. The molecule has 5 nitrogen and oxygen atoms in total. The van der Waals surface area contributed by atoms with Crippen LogP contribution in [0, 0.1) is 0 Å². The molecule has 2 aromatic rings. The Labute approximate surface area is 129 Å². The summed E-state index contributed by atoms with van der Waals surface area (Å²) in [5, 5.41) is 0. The first-order valence-corrected chi connectivity index (χ1v) is 8.44. The van der Waals surface area contributed by atoms with E-state index in [0.717, 1.165) is 5.56 Å². The highest BCUT2D eigenvalue weighted by Gasteiger charge is 2.26. The quantitative estimate of drug-likeness (QED) is 0.936. The van der Waals surface area contributed by atoms with Gasteiger partial charge in [0.25, 0.3) is 0 Å². The van der Waals surface area contributed by atoms with E-state index in [4.69, 9.17) is 9.47 Å². The average molecular weight is 319 g/mol. The molecule has 1 N–H and O–H groups in total. The Morgan fingerprint density at radius 3 is 2.64 bits per heavy atom. The van der Waals surface area contributed by atoms with Crippen LogP contribution in [0.15, 0.2) is 53.4 Å². The van der Waals surface area contributed by atoms with Crippen LogP contribution in [0.5, 0.6) is 11.5 Å². The van der Waals surface area contributed by atoms with Crippen LogP contribution in [0.25, 0.3) is 0 Å². The third-order valence-electron chi connectivity index (χ3n) is 3.55. The molecular formula is C16H17NO4S. The Hall–Kier alpha value is -2.05. The van der Waals surface area contributed by atoms with Crippen molar-refractivity contribution in [1.82, 2.24) is 4.72 Å². The molecule has 1 atom stereocenters. The zero-order chi connectivity index (χ0) is 15.6. The van der Waals surface area contributed by atoms with E-state index >= 15 is 0 Å². The number of benzene rings is 2. The molecule has 3 rings (SSSR count). The van der Waals surface area contributed by atoms with Crippen molar-refractivity contribution in [1.29, 1.82) is 0 Å². The first kappa shape index (κ1) is 14.9. The second-order valence-electron chi connectivity index (χ2n) is 5.09. The standard InChI is InChI=1S/C16H17NO4S/c1-20-15-9-5-6-12-10-13(11-21-16(12)15)17-22(18,19)14-7-3-2-4-8-14/h2-9,13,17H,10-11H2,1H3/t13-/m1/s1. The molecule has 1 heterocycles. The van der Waals surface area contributed by atoms with Crippen LogP contribution in [-0.4, -0.2) is 28.2 Å². The number of para-hydroxylation sites is 1. The fourth-order valence-corrected chi connectivity index (χ4v) is 3.76. The molecule has 2 aromatic carbocycles. The van der Waals surface area contributed by atoms with Crippen LogP contribution >= 0.6 is 0 Å². The van der Waals surface area contributed by atoms with Crippen LogP contribution in [0.1, 0.15) is 5.56 Å². The summed E-state index contributed by atoms with van der Waals surface area (Å²) in [6.07, 6.45) is 0.568. The van der Waals surface area contributed by atoms with E-state index in [2.05, 4.69) is 4.72 Å². The first-order chi connectivity index (χ1) is 10.6. The maximum absolute atomic E-state index is 12.3. The van der Waals surface area contributed by atoms with E-state index in [9.17, 15) is 8.42 Å². The summed E-state index contributed by atoms with van der Waals surface area (Å²) in [6.45, 7) is 0.277. The number of methoxy groups -OCH3 is 1. The number of fused-ring (bicyclic) bond motifs is 1. The van der Waals surface area contributed by atoms with Gasteiger partial charge in [-0.25, -0.2) is 13.1 Å². The third-order valence-corrected chi connectivity index (χ3v) is 5.09. The van der Waals surface area contributed by atoms with Gasteiger partial charge in [-0.15, -0.1) is 0 Å². The Balaban J connectivity index is 1.79. The predicted molar refractivity (Wildman–Crippen MR) is 82.7 cm³/mol. The van der Waals surface area contributed by atoms with E-state index in [1.54, 1.807) is 37.4 Å². The molecule has 0 aromatic heterocycles. The van der Waals surface area contributed by atoms with Crippen LogP contribution in [0.2, 0.25) is 0 Å². The highest BCUT2D eigenvalue weighted by atomic mass is 32.2. The largest absolute Gasteiger partial charge is 0.493 e. The number of rotatable bonds is 4. The minimum absolute atomic E-state index is 0.256. The van der Waals surface area contributed by atoms with Crippen molar-refractivity contribution in [2.24, 2.45) is 0 Å².